The highest BCUT2D eigenvalue weighted by molar-refractivity contribution is 7.15. The number of thiazole rings is 1. The lowest BCUT2D eigenvalue weighted by Crippen LogP contribution is -2.12. The molecular formula is C19H20Cl2N4OS. The highest BCUT2D eigenvalue weighted by Gasteiger charge is 2.13. The molecule has 27 heavy (non-hydrogen) atoms. The van der Waals surface area contributed by atoms with Gasteiger partial charge in [0, 0.05) is 46.7 Å². The van der Waals surface area contributed by atoms with Crippen molar-refractivity contribution in [1.29, 1.82) is 0 Å². The van der Waals surface area contributed by atoms with Gasteiger partial charge in [-0.05, 0) is 43.5 Å². The molecule has 142 valence electrons. The lowest BCUT2D eigenvalue weighted by molar-refractivity contribution is -0.116. The minimum absolute atomic E-state index is 0.0527. The van der Waals surface area contributed by atoms with Crippen molar-refractivity contribution < 1.29 is 4.79 Å². The second-order valence-corrected chi connectivity index (χ2v) is 8.32. The van der Waals surface area contributed by atoms with E-state index >= 15 is 0 Å². The summed E-state index contributed by atoms with van der Waals surface area (Å²) in [6.45, 7) is 3.98. The summed E-state index contributed by atoms with van der Waals surface area (Å²) in [5.74, 6) is -0.0527. The molecule has 0 fully saturated rings. The van der Waals surface area contributed by atoms with Gasteiger partial charge in [0.2, 0.25) is 5.91 Å². The zero-order chi connectivity index (χ0) is 19.6. The van der Waals surface area contributed by atoms with Gasteiger partial charge in [0.05, 0.1) is 5.69 Å². The van der Waals surface area contributed by atoms with Crippen LogP contribution < -0.4 is 5.32 Å². The summed E-state index contributed by atoms with van der Waals surface area (Å²) in [5.41, 5.74) is 4.17. The normalized spacial score (nSPS) is 11.0. The van der Waals surface area contributed by atoms with E-state index in [4.69, 9.17) is 23.2 Å². The largest absolute Gasteiger partial charge is 0.302 e. The van der Waals surface area contributed by atoms with Crippen LogP contribution in [-0.2, 0) is 24.7 Å². The summed E-state index contributed by atoms with van der Waals surface area (Å²) in [6, 6.07) is 5.45. The number of aryl methyl sites for hydroxylation is 2. The smallest absolute Gasteiger partial charge is 0.226 e. The summed E-state index contributed by atoms with van der Waals surface area (Å²) in [6.07, 6.45) is 3.47. The van der Waals surface area contributed by atoms with E-state index in [-0.39, 0.29) is 5.91 Å². The van der Waals surface area contributed by atoms with Crippen LogP contribution in [-0.4, -0.2) is 20.7 Å². The van der Waals surface area contributed by atoms with Gasteiger partial charge in [-0.15, -0.1) is 11.3 Å². The van der Waals surface area contributed by atoms with E-state index in [1.165, 1.54) is 11.3 Å². The Bertz CT molecular complexity index is 980. The van der Waals surface area contributed by atoms with Crippen molar-refractivity contribution in [3.8, 4) is 0 Å². The van der Waals surface area contributed by atoms with Crippen molar-refractivity contribution in [2.24, 2.45) is 7.05 Å². The molecule has 0 aliphatic heterocycles. The van der Waals surface area contributed by atoms with Gasteiger partial charge in [0.25, 0.3) is 0 Å². The average molecular weight is 423 g/mol. The Kier molecular flexibility index (Phi) is 6.19. The van der Waals surface area contributed by atoms with Gasteiger partial charge in [-0.2, -0.15) is 5.10 Å². The van der Waals surface area contributed by atoms with Crippen LogP contribution in [0.15, 0.2) is 24.4 Å². The summed E-state index contributed by atoms with van der Waals surface area (Å²) in [7, 11) is 1.91. The molecule has 0 saturated carbocycles. The minimum atomic E-state index is -0.0527. The molecule has 1 amide bonds. The maximum Gasteiger partial charge on any atom is 0.226 e. The van der Waals surface area contributed by atoms with Crippen LogP contribution in [0.5, 0.6) is 0 Å². The molecule has 0 spiro atoms. The van der Waals surface area contributed by atoms with Gasteiger partial charge in [-0.3, -0.25) is 9.48 Å². The Morgan fingerprint density at radius 1 is 1.30 bits per heavy atom. The summed E-state index contributed by atoms with van der Waals surface area (Å²) >= 11 is 13.6. The van der Waals surface area contributed by atoms with Crippen LogP contribution >= 0.6 is 34.5 Å². The van der Waals surface area contributed by atoms with E-state index in [1.807, 2.05) is 37.7 Å². The number of amides is 1. The van der Waals surface area contributed by atoms with Crippen LogP contribution in [0.3, 0.4) is 0 Å². The fraction of sp³-hybridized carbons (Fsp3) is 0.316. The number of anilines is 1. The Hall–Kier alpha value is -1.89. The monoisotopic (exact) mass is 422 g/mol. The van der Waals surface area contributed by atoms with Crippen molar-refractivity contribution in [3.63, 3.8) is 0 Å². The third-order valence-corrected chi connectivity index (χ3v) is 5.94. The fourth-order valence-electron chi connectivity index (χ4n) is 2.90. The predicted molar refractivity (Wildman–Crippen MR) is 111 cm³/mol. The Balaban J connectivity index is 1.57. The zero-order valence-corrected chi connectivity index (χ0v) is 17.7. The highest BCUT2D eigenvalue weighted by Crippen LogP contribution is 2.27. The lowest BCUT2D eigenvalue weighted by Gasteiger charge is -2.03. The van der Waals surface area contributed by atoms with Gasteiger partial charge in [-0.1, -0.05) is 29.3 Å². The standard InChI is InChI=1S/C19H20Cl2N4OS/c1-11-16(12(2)25(3)24-11)6-7-18(26)23-19-22-10-15(27-19)8-13-4-5-14(20)9-17(13)21/h4-5,9-10H,6-8H2,1-3H3,(H,22,23,26). The lowest BCUT2D eigenvalue weighted by atomic mass is 10.1. The van der Waals surface area contributed by atoms with Crippen molar-refractivity contribution >= 4 is 45.6 Å². The quantitative estimate of drug-likeness (QED) is 0.610. The van der Waals surface area contributed by atoms with Crippen molar-refractivity contribution in [2.75, 3.05) is 5.32 Å². The minimum Gasteiger partial charge on any atom is -0.302 e. The molecule has 2 heterocycles. The molecule has 3 rings (SSSR count). The molecule has 0 aliphatic carbocycles. The van der Waals surface area contributed by atoms with E-state index in [0.717, 1.165) is 27.4 Å². The Labute approximate surface area is 172 Å². The average Bonchev–Trinajstić information content (AvgIpc) is 3.13. The molecule has 1 N–H and O–H groups in total. The second-order valence-electron chi connectivity index (χ2n) is 6.37. The predicted octanol–water partition coefficient (Wildman–Crippen LogP) is 4.96. The summed E-state index contributed by atoms with van der Waals surface area (Å²) in [4.78, 5) is 17.6. The number of hydrogen-bond donors (Lipinski definition) is 1. The fourth-order valence-corrected chi connectivity index (χ4v) is 4.23. The first-order valence-corrected chi connectivity index (χ1v) is 10.1. The molecule has 8 heteroatoms. The molecule has 0 saturated heterocycles. The molecule has 3 aromatic rings. The van der Waals surface area contributed by atoms with Gasteiger partial charge in [0.1, 0.15) is 0 Å². The SMILES string of the molecule is Cc1nn(C)c(C)c1CCC(=O)Nc1ncc(Cc2ccc(Cl)cc2Cl)s1. The third-order valence-electron chi connectivity index (χ3n) is 4.44. The van der Waals surface area contributed by atoms with Gasteiger partial charge in [0.15, 0.2) is 5.13 Å². The number of carbonyl (C=O) groups is 1. The van der Waals surface area contributed by atoms with Crippen LogP contribution in [0.25, 0.3) is 0 Å². The molecule has 5 nitrogen and oxygen atoms in total. The van der Waals surface area contributed by atoms with Crippen LogP contribution in [0.4, 0.5) is 5.13 Å². The van der Waals surface area contributed by atoms with E-state index in [1.54, 1.807) is 12.3 Å². The van der Waals surface area contributed by atoms with E-state index in [0.29, 0.717) is 34.4 Å². The number of carbonyl (C=O) groups excluding carboxylic acids is 1. The Morgan fingerprint density at radius 3 is 2.74 bits per heavy atom. The number of aromatic nitrogens is 3. The van der Waals surface area contributed by atoms with Gasteiger partial charge < -0.3 is 5.32 Å². The van der Waals surface area contributed by atoms with Crippen molar-refractivity contribution in [1.82, 2.24) is 14.8 Å². The van der Waals surface area contributed by atoms with Gasteiger partial charge in [-0.25, -0.2) is 4.98 Å². The first kappa shape index (κ1) is 19.9. The van der Waals surface area contributed by atoms with E-state index in [9.17, 15) is 4.79 Å². The number of hydrogen-bond acceptors (Lipinski definition) is 4. The van der Waals surface area contributed by atoms with E-state index in [2.05, 4.69) is 15.4 Å². The summed E-state index contributed by atoms with van der Waals surface area (Å²) < 4.78 is 1.84. The Morgan fingerprint density at radius 2 is 2.07 bits per heavy atom. The maximum absolute atomic E-state index is 12.3. The molecular weight excluding hydrogens is 403 g/mol. The molecule has 0 atom stereocenters. The molecule has 0 bridgehead atoms. The number of halogens is 2. The van der Waals surface area contributed by atoms with Crippen molar-refractivity contribution in [2.45, 2.75) is 33.1 Å². The van der Waals surface area contributed by atoms with Crippen molar-refractivity contribution in [3.05, 3.63) is 61.8 Å². The number of rotatable bonds is 6. The molecule has 0 aliphatic rings. The number of benzene rings is 1. The zero-order valence-electron chi connectivity index (χ0n) is 15.3. The third kappa shape index (κ3) is 4.89. The highest BCUT2D eigenvalue weighted by atomic mass is 35.5. The van der Waals surface area contributed by atoms with Crippen LogP contribution in [0.2, 0.25) is 10.0 Å². The second kappa shape index (κ2) is 8.42. The molecule has 0 unspecified atom stereocenters. The molecule has 0 radical (unpaired) electrons. The van der Waals surface area contributed by atoms with E-state index < -0.39 is 0 Å². The van der Waals surface area contributed by atoms with Crippen LogP contribution in [0, 0.1) is 13.8 Å². The molecule has 2 aromatic heterocycles. The maximum atomic E-state index is 12.3. The first-order chi connectivity index (χ1) is 12.8. The number of nitrogens with zero attached hydrogens (tertiary/aromatic N) is 3. The summed E-state index contributed by atoms with van der Waals surface area (Å²) in [5, 5.41) is 9.10. The first-order valence-electron chi connectivity index (χ1n) is 8.51. The number of nitrogens with one attached hydrogen (secondary N) is 1. The van der Waals surface area contributed by atoms with Gasteiger partial charge >= 0.3 is 0 Å². The topological polar surface area (TPSA) is 59.8 Å². The molecule has 1 aromatic carbocycles. The van der Waals surface area contributed by atoms with Crippen LogP contribution in [0.1, 0.15) is 33.8 Å².